The number of ether oxygens (including phenoxy) is 1. The first kappa shape index (κ1) is 22.0. The van der Waals surface area contributed by atoms with Crippen molar-refractivity contribution in [1.29, 1.82) is 0 Å². The molecule has 1 aliphatic rings. The van der Waals surface area contributed by atoms with Crippen LogP contribution < -0.4 is 10.9 Å². The number of nitrogens with one attached hydrogen (secondary N) is 1. The number of nitrogens with zero attached hydrogens (tertiary/aromatic N) is 3. The molecule has 2 heterocycles. The summed E-state index contributed by atoms with van der Waals surface area (Å²) < 4.78 is 6.82. The zero-order valence-electron chi connectivity index (χ0n) is 18.8. The quantitative estimate of drug-likeness (QED) is 0.484. The molecule has 3 aromatic carbocycles. The lowest BCUT2D eigenvalue weighted by Gasteiger charge is -2.34. The van der Waals surface area contributed by atoms with Crippen LogP contribution in [0.2, 0.25) is 0 Å². The molecule has 0 radical (unpaired) electrons. The number of carbonyl (C=O) groups is 1. The molecule has 0 spiro atoms. The van der Waals surface area contributed by atoms with E-state index in [1.54, 1.807) is 30.3 Å². The first-order valence-electron chi connectivity index (χ1n) is 11.4. The molecule has 1 aromatic heterocycles. The highest BCUT2D eigenvalue weighted by Gasteiger charge is 2.24. The third-order valence-corrected chi connectivity index (χ3v) is 6.15. The second kappa shape index (κ2) is 9.99. The maximum absolute atomic E-state index is 13.4. The Morgan fingerprint density at radius 3 is 2.21 bits per heavy atom. The van der Waals surface area contributed by atoms with Crippen molar-refractivity contribution in [3.8, 4) is 5.69 Å². The van der Waals surface area contributed by atoms with E-state index in [0.717, 1.165) is 18.7 Å². The molecular formula is C27H26N4O3. The molecule has 7 nitrogen and oxygen atoms in total. The summed E-state index contributed by atoms with van der Waals surface area (Å²) in [4.78, 5) is 28.9. The minimum atomic E-state index is -0.310. The van der Waals surface area contributed by atoms with Crippen LogP contribution in [0.3, 0.4) is 0 Å². The molecule has 1 saturated heterocycles. The van der Waals surface area contributed by atoms with Crippen LogP contribution in [0.5, 0.6) is 0 Å². The van der Waals surface area contributed by atoms with E-state index in [1.165, 1.54) is 4.68 Å². The highest BCUT2D eigenvalue weighted by atomic mass is 16.5. The molecule has 7 heteroatoms. The number of morpholine rings is 1. The fraction of sp³-hybridized carbons (Fsp3) is 0.222. The minimum Gasteiger partial charge on any atom is -0.379 e. The smallest absolute Gasteiger partial charge is 0.279 e. The number of benzene rings is 3. The zero-order chi connectivity index (χ0) is 23.3. The lowest BCUT2D eigenvalue weighted by molar-refractivity contribution is 0.0162. The molecule has 34 heavy (non-hydrogen) atoms. The van der Waals surface area contributed by atoms with Crippen LogP contribution in [-0.2, 0) is 4.74 Å². The average Bonchev–Trinajstić information content (AvgIpc) is 2.91. The molecule has 0 aliphatic carbocycles. The summed E-state index contributed by atoms with van der Waals surface area (Å²) in [5, 5.41) is 8.58. The van der Waals surface area contributed by atoms with Gasteiger partial charge in [-0.15, -0.1) is 0 Å². The number of hydrogen-bond donors (Lipinski definition) is 1. The third-order valence-electron chi connectivity index (χ3n) is 6.15. The number of carbonyl (C=O) groups excluding carboxylic acids is 1. The number of fused-ring (bicyclic) bond motifs is 1. The lowest BCUT2D eigenvalue weighted by Crippen LogP contribution is -2.44. The van der Waals surface area contributed by atoms with Crippen molar-refractivity contribution < 1.29 is 9.53 Å². The normalized spacial score (nSPS) is 15.2. The highest BCUT2D eigenvalue weighted by molar-refractivity contribution is 6.04. The van der Waals surface area contributed by atoms with Crippen LogP contribution >= 0.6 is 0 Å². The van der Waals surface area contributed by atoms with Gasteiger partial charge in [0.1, 0.15) is 0 Å². The van der Waals surface area contributed by atoms with Gasteiger partial charge in [0.2, 0.25) is 0 Å². The van der Waals surface area contributed by atoms with Gasteiger partial charge >= 0.3 is 0 Å². The molecule has 172 valence electrons. The van der Waals surface area contributed by atoms with Gasteiger partial charge in [0.25, 0.3) is 11.5 Å². The predicted molar refractivity (Wildman–Crippen MR) is 131 cm³/mol. The summed E-state index contributed by atoms with van der Waals surface area (Å²) in [6.07, 6.45) is 0. The Kier molecular flexibility index (Phi) is 6.46. The topological polar surface area (TPSA) is 76.5 Å². The van der Waals surface area contributed by atoms with Gasteiger partial charge in [-0.2, -0.15) is 9.78 Å². The molecule has 1 N–H and O–H groups in total. The summed E-state index contributed by atoms with van der Waals surface area (Å²) in [6, 6.07) is 26.4. The first-order chi connectivity index (χ1) is 16.7. The van der Waals surface area contributed by atoms with Crippen molar-refractivity contribution in [2.45, 2.75) is 6.04 Å². The van der Waals surface area contributed by atoms with E-state index < -0.39 is 0 Å². The van der Waals surface area contributed by atoms with Crippen molar-refractivity contribution >= 4 is 16.7 Å². The Hall–Kier alpha value is -3.81. The summed E-state index contributed by atoms with van der Waals surface area (Å²) in [5.41, 5.74) is 1.72. The maximum Gasteiger partial charge on any atom is 0.279 e. The third kappa shape index (κ3) is 4.48. The van der Waals surface area contributed by atoms with Crippen molar-refractivity contribution in [2.24, 2.45) is 0 Å². The van der Waals surface area contributed by atoms with Gasteiger partial charge in [-0.05, 0) is 23.8 Å². The summed E-state index contributed by atoms with van der Waals surface area (Å²) >= 11 is 0. The van der Waals surface area contributed by atoms with Crippen LogP contribution in [-0.4, -0.2) is 53.4 Å². The van der Waals surface area contributed by atoms with Gasteiger partial charge in [-0.25, -0.2) is 0 Å². The van der Waals surface area contributed by atoms with E-state index in [9.17, 15) is 9.59 Å². The van der Waals surface area contributed by atoms with Gasteiger partial charge in [0.15, 0.2) is 5.69 Å². The van der Waals surface area contributed by atoms with E-state index in [4.69, 9.17) is 4.74 Å². The fourth-order valence-corrected chi connectivity index (χ4v) is 4.40. The SMILES string of the molecule is O=C(NCC(c1ccccc1)N1CCOCC1)c1nn(-c2ccccc2)c(=O)c2ccccc12. The highest BCUT2D eigenvalue weighted by Crippen LogP contribution is 2.22. The number of para-hydroxylation sites is 1. The molecule has 1 aliphatic heterocycles. The average molecular weight is 455 g/mol. The Morgan fingerprint density at radius 2 is 1.50 bits per heavy atom. The Labute approximate surface area is 197 Å². The molecule has 5 rings (SSSR count). The van der Waals surface area contributed by atoms with Crippen molar-refractivity contribution in [3.05, 3.63) is 107 Å². The van der Waals surface area contributed by atoms with Crippen LogP contribution in [0.25, 0.3) is 16.5 Å². The van der Waals surface area contributed by atoms with Crippen molar-refractivity contribution in [3.63, 3.8) is 0 Å². The molecule has 4 aromatic rings. The Balaban J connectivity index is 1.48. The zero-order valence-corrected chi connectivity index (χ0v) is 18.8. The minimum absolute atomic E-state index is 0.0142. The molecule has 0 saturated carbocycles. The van der Waals surface area contributed by atoms with Crippen LogP contribution in [0, 0.1) is 0 Å². The first-order valence-corrected chi connectivity index (χ1v) is 11.4. The molecule has 0 bridgehead atoms. The Morgan fingerprint density at radius 1 is 0.882 bits per heavy atom. The molecule has 1 atom stereocenters. The van der Waals surface area contributed by atoms with E-state index in [1.807, 2.05) is 42.5 Å². The van der Waals surface area contributed by atoms with E-state index >= 15 is 0 Å². The summed E-state index contributed by atoms with van der Waals surface area (Å²) in [5.74, 6) is -0.310. The number of amides is 1. The predicted octanol–water partition coefficient (Wildman–Crippen LogP) is 3.19. The van der Waals surface area contributed by atoms with E-state index in [2.05, 4.69) is 27.4 Å². The Bertz CT molecular complexity index is 1330. The molecule has 1 unspecified atom stereocenters. The molecule has 1 amide bonds. The van der Waals surface area contributed by atoms with E-state index in [0.29, 0.717) is 36.2 Å². The van der Waals surface area contributed by atoms with Crippen LogP contribution in [0.1, 0.15) is 22.1 Å². The van der Waals surface area contributed by atoms with Gasteiger partial charge in [-0.3, -0.25) is 14.5 Å². The lowest BCUT2D eigenvalue weighted by atomic mass is 10.0. The second-order valence-electron chi connectivity index (χ2n) is 8.23. The fourth-order valence-electron chi connectivity index (χ4n) is 4.40. The van der Waals surface area contributed by atoms with Crippen LogP contribution in [0.15, 0.2) is 89.7 Å². The van der Waals surface area contributed by atoms with Gasteiger partial charge in [0, 0.05) is 25.0 Å². The van der Waals surface area contributed by atoms with E-state index in [-0.39, 0.29) is 23.2 Å². The van der Waals surface area contributed by atoms with Gasteiger partial charge in [0.05, 0.1) is 30.3 Å². The van der Waals surface area contributed by atoms with Gasteiger partial charge < -0.3 is 10.1 Å². The standard InChI is InChI=1S/C27H26N4O3/c32-26(28-19-24(20-9-3-1-4-10-20)30-15-17-34-18-16-30)25-22-13-7-8-14-23(22)27(33)31(29-25)21-11-5-2-6-12-21/h1-14,24H,15-19H2,(H,28,32). The summed E-state index contributed by atoms with van der Waals surface area (Å²) in [6.45, 7) is 3.37. The monoisotopic (exact) mass is 454 g/mol. The summed E-state index contributed by atoms with van der Waals surface area (Å²) in [7, 11) is 0. The number of aromatic nitrogens is 2. The largest absolute Gasteiger partial charge is 0.379 e. The molecular weight excluding hydrogens is 428 g/mol. The van der Waals surface area contributed by atoms with Crippen LogP contribution in [0.4, 0.5) is 0 Å². The maximum atomic E-state index is 13.4. The second-order valence-corrected chi connectivity index (χ2v) is 8.23. The molecule has 1 fully saturated rings. The number of hydrogen-bond acceptors (Lipinski definition) is 5. The van der Waals surface area contributed by atoms with Crippen molar-refractivity contribution in [1.82, 2.24) is 20.0 Å². The number of rotatable bonds is 6. The van der Waals surface area contributed by atoms with Crippen molar-refractivity contribution in [2.75, 3.05) is 32.8 Å². The van der Waals surface area contributed by atoms with Gasteiger partial charge in [-0.1, -0.05) is 66.7 Å².